The molecule has 0 spiro atoms. The summed E-state index contributed by atoms with van der Waals surface area (Å²) >= 11 is 0. The van der Waals surface area contributed by atoms with Crippen molar-refractivity contribution in [2.24, 2.45) is 58.0 Å². The number of nitrogens with two attached hydrogens (primary N) is 1. The number of fused-ring (bicyclic) bond motifs is 8. The predicted molar refractivity (Wildman–Crippen MR) is 123 cm³/mol. The van der Waals surface area contributed by atoms with Gasteiger partial charge in [0.05, 0.1) is 12.1 Å². The van der Waals surface area contributed by atoms with Crippen LogP contribution in [0.5, 0.6) is 0 Å². The van der Waals surface area contributed by atoms with Gasteiger partial charge in [-0.15, -0.1) is 0 Å². The van der Waals surface area contributed by atoms with Crippen LogP contribution >= 0.6 is 0 Å². The minimum Gasteiger partial charge on any atom is -0.364 e. The maximum Gasteiger partial charge on any atom is 0.181 e. The van der Waals surface area contributed by atoms with Gasteiger partial charge in [-0.2, -0.15) is 0 Å². The number of aliphatic hydroxyl groups is 1. The second-order valence-corrected chi connectivity index (χ2v) is 13.6. The van der Waals surface area contributed by atoms with Crippen LogP contribution < -0.4 is 11.1 Å². The van der Waals surface area contributed by atoms with Gasteiger partial charge < -0.3 is 20.9 Å². The molecule has 6 rings (SSSR count). The third kappa shape index (κ3) is 2.87. The zero-order valence-corrected chi connectivity index (χ0v) is 20.3. The second kappa shape index (κ2) is 6.93. The lowest BCUT2D eigenvalue weighted by Crippen LogP contribution is -2.68. The second-order valence-electron chi connectivity index (χ2n) is 13.6. The van der Waals surface area contributed by atoms with Gasteiger partial charge in [0.15, 0.2) is 5.79 Å². The first-order chi connectivity index (χ1) is 14.7. The summed E-state index contributed by atoms with van der Waals surface area (Å²) in [6.07, 6.45) is 11.5. The summed E-state index contributed by atoms with van der Waals surface area (Å²) in [6, 6.07) is 0.525. The smallest absolute Gasteiger partial charge is 0.181 e. The van der Waals surface area contributed by atoms with Gasteiger partial charge in [-0.3, -0.25) is 0 Å². The van der Waals surface area contributed by atoms with Crippen molar-refractivity contribution in [3.63, 3.8) is 0 Å². The van der Waals surface area contributed by atoms with Crippen LogP contribution in [0.2, 0.25) is 0 Å². The summed E-state index contributed by atoms with van der Waals surface area (Å²) in [4.78, 5) is 0. The Morgan fingerprint density at radius 3 is 2.55 bits per heavy atom. The van der Waals surface area contributed by atoms with E-state index in [1.807, 2.05) is 0 Å². The first-order valence-corrected chi connectivity index (χ1v) is 13.5. The fraction of sp³-hybridized carbons (Fsp3) is 1.00. The van der Waals surface area contributed by atoms with Crippen molar-refractivity contribution in [1.29, 1.82) is 0 Å². The van der Waals surface area contributed by atoms with Crippen LogP contribution in [0, 0.1) is 52.3 Å². The van der Waals surface area contributed by atoms with Gasteiger partial charge in [0.25, 0.3) is 0 Å². The first-order valence-electron chi connectivity index (χ1n) is 13.5. The van der Waals surface area contributed by atoms with E-state index in [1.165, 1.54) is 51.4 Å². The highest BCUT2D eigenvalue weighted by atomic mass is 16.6. The van der Waals surface area contributed by atoms with E-state index < -0.39 is 5.79 Å². The van der Waals surface area contributed by atoms with Gasteiger partial charge in [-0.05, 0) is 110 Å². The molecule has 4 aliphatic carbocycles. The van der Waals surface area contributed by atoms with Crippen LogP contribution in [-0.4, -0.2) is 35.6 Å². The lowest BCUT2D eigenvalue weighted by molar-refractivity contribution is -0.310. The standard InChI is InChI=1S/C27H46N2O2/c1-15-13-27(30)24(29-14-15)16(2)23-22(31-27)12-21-19-6-5-17-11-18(28)7-9-25(17,3)20(19)8-10-26(21,23)4/h15-24,29-30H,5-14,28H2,1-4H3/t15-,16+,17-,18-,19+,20-,21-,22-,23-,24+,25-,26-,27+/m0/s1. The fourth-order valence-electron chi connectivity index (χ4n) is 10.8. The third-order valence-electron chi connectivity index (χ3n) is 12.1. The summed E-state index contributed by atoms with van der Waals surface area (Å²) in [5.74, 6) is 3.88. The lowest BCUT2D eigenvalue weighted by Gasteiger charge is -2.62. The Morgan fingerprint density at radius 2 is 1.74 bits per heavy atom. The number of piperidine rings is 1. The van der Waals surface area contributed by atoms with Gasteiger partial charge in [-0.25, -0.2) is 0 Å². The number of rotatable bonds is 0. The van der Waals surface area contributed by atoms with Crippen molar-refractivity contribution in [2.45, 2.75) is 109 Å². The topological polar surface area (TPSA) is 67.5 Å². The fourth-order valence-corrected chi connectivity index (χ4v) is 10.8. The van der Waals surface area contributed by atoms with E-state index in [-0.39, 0.29) is 12.1 Å². The maximum absolute atomic E-state index is 11.6. The van der Waals surface area contributed by atoms with E-state index >= 15 is 0 Å². The zero-order valence-electron chi connectivity index (χ0n) is 20.3. The van der Waals surface area contributed by atoms with Gasteiger partial charge in [-0.1, -0.05) is 27.7 Å². The minimum atomic E-state index is -0.968. The van der Waals surface area contributed by atoms with Crippen molar-refractivity contribution in [2.75, 3.05) is 6.54 Å². The van der Waals surface area contributed by atoms with Crippen LogP contribution in [0.25, 0.3) is 0 Å². The molecule has 0 aromatic carbocycles. The number of hydrogen-bond donors (Lipinski definition) is 3. The average Bonchev–Trinajstić information content (AvgIpc) is 2.99. The Labute approximate surface area is 189 Å². The largest absolute Gasteiger partial charge is 0.364 e. The highest BCUT2D eigenvalue weighted by Gasteiger charge is 2.67. The Morgan fingerprint density at radius 1 is 0.968 bits per heavy atom. The van der Waals surface area contributed by atoms with E-state index in [9.17, 15) is 5.11 Å². The highest BCUT2D eigenvalue weighted by molar-refractivity contribution is 5.15. The van der Waals surface area contributed by atoms with E-state index in [0.29, 0.717) is 34.6 Å². The molecule has 0 aromatic rings. The van der Waals surface area contributed by atoms with Gasteiger partial charge in [0.1, 0.15) is 0 Å². The van der Waals surface area contributed by atoms with E-state index in [2.05, 4.69) is 33.0 Å². The van der Waals surface area contributed by atoms with E-state index in [1.54, 1.807) is 0 Å². The normalized spacial score (nSPS) is 63.3. The summed E-state index contributed by atoms with van der Waals surface area (Å²) in [5, 5.41) is 15.3. The molecule has 0 aromatic heterocycles. The van der Waals surface area contributed by atoms with Crippen molar-refractivity contribution in [1.82, 2.24) is 5.32 Å². The number of nitrogens with one attached hydrogen (secondary N) is 1. The molecule has 2 heterocycles. The SMILES string of the molecule is C[C@@H]1CN[C@@H]2[C@H](C)[C@H]3[C@H](C[C@H]4[C@@H]5CC[C@H]6C[C@@H](N)CC[C@]6(C)[C@H]5CC[C@]34C)O[C@]2(O)C1. The van der Waals surface area contributed by atoms with E-state index in [4.69, 9.17) is 10.5 Å². The maximum atomic E-state index is 11.6. The molecule has 0 unspecified atom stereocenters. The molecule has 2 aliphatic heterocycles. The summed E-state index contributed by atoms with van der Waals surface area (Å²) in [6.45, 7) is 10.9. The summed E-state index contributed by atoms with van der Waals surface area (Å²) in [7, 11) is 0. The molecule has 4 nitrogen and oxygen atoms in total. The Balaban J connectivity index is 1.30. The molecule has 13 atom stereocenters. The third-order valence-corrected chi connectivity index (χ3v) is 12.1. The van der Waals surface area contributed by atoms with Gasteiger partial charge in [0.2, 0.25) is 0 Å². The number of ether oxygens (including phenoxy) is 1. The molecule has 0 amide bonds. The first kappa shape index (κ1) is 21.4. The molecule has 2 saturated heterocycles. The van der Waals surface area contributed by atoms with Gasteiger partial charge in [0, 0.05) is 12.5 Å². The zero-order chi connectivity index (χ0) is 21.8. The molecule has 176 valence electrons. The Kier molecular flexibility index (Phi) is 4.78. The van der Waals surface area contributed by atoms with Crippen LogP contribution in [0.3, 0.4) is 0 Å². The molecule has 4 N–H and O–H groups in total. The average molecular weight is 431 g/mol. The molecule has 0 bridgehead atoms. The quantitative estimate of drug-likeness (QED) is 0.536. The number of hydrogen-bond acceptors (Lipinski definition) is 4. The van der Waals surface area contributed by atoms with Crippen molar-refractivity contribution < 1.29 is 9.84 Å². The molecule has 6 fully saturated rings. The Bertz CT molecular complexity index is 730. The molecule has 31 heavy (non-hydrogen) atoms. The Hall–Kier alpha value is -0.160. The van der Waals surface area contributed by atoms with Crippen molar-refractivity contribution in [3.05, 3.63) is 0 Å². The molecule has 0 radical (unpaired) electrons. The molecular weight excluding hydrogens is 384 g/mol. The van der Waals surface area contributed by atoms with Crippen molar-refractivity contribution in [3.8, 4) is 0 Å². The van der Waals surface area contributed by atoms with Gasteiger partial charge >= 0.3 is 0 Å². The molecule has 6 aliphatic rings. The minimum absolute atomic E-state index is 0.0892. The molecule has 4 heteroatoms. The monoisotopic (exact) mass is 430 g/mol. The highest BCUT2D eigenvalue weighted by Crippen LogP contribution is 2.69. The van der Waals surface area contributed by atoms with Crippen LogP contribution in [0.4, 0.5) is 0 Å². The van der Waals surface area contributed by atoms with E-state index in [0.717, 1.165) is 36.6 Å². The predicted octanol–water partition coefficient (Wildman–Crippen LogP) is 4.30. The molecular formula is C27H46N2O2. The summed E-state index contributed by atoms with van der Waals surface area (Å²) < 4.78 is 6.70. The van der Waals surface area contributed by atoms with Crippen LogP contribution in [0.15, 0.2) is 0 Å². The van der Waals surface area contributed by atoms with Crippen LogP contribution in [-0.2, 0) is 4.74 Å². The molecule has 4 saturated carbocycles. The summed E-state index contributed by atoms with van der Waals surface area (Å²) in [5.41, 5.74) is 7.27. The van der Waals surface area contributed by atoms with Crippen LogP contribution in [0.1, 0.15) is 85.5 Å². The van der Waals surface area contributed by atoms with Crippen molar-refractivity contribution >= 4 is 0 Å². The lowest BCUT2D eigenvalue weighted by atomic mass is 9.44.